The summed E-state index contributed by atoms with van der Waals surface area (Å²) in [5, 5.41) is 4.98. The van der Waals surface area contributed by atoms with Crippen molar-refractivity contribution in [2.24, 2.45) is 0 Å². The lowest BCUT2D eigenvalue weighted by Crippen LogP contribution is -2.38. The van der Waals surface area contributed by atoms with Crippen molar-refractivity contribution >= 4 is 17.8 Å². The Morgan fingerprint density at radius 3 is 2.42 bits per heavy atom. The highest BCUT2D eigenvalue weighted by atomic mass is 16.5. The van der Waals surface area contributed by atoms with Crippen LogP contribution in [0.3, 0.4) is 0 Å². The maximum absolute atomic E-state index is 12.1. The predicted molar refractivity (Wildman–Crippen MR) is 86.1 cm³/mol. The summed E-state index contributed by atoms with van der Waals surface area (Å²) in [7, 11) is 2.85. The fourth-order valence-electron chi connectivity index (χ4n) is 1.81. The standard InChI is InChI=1S/C16H22N2O6/c1-4-8-17-13(19)9-18-14(20)10-24-16(21)11-6-5-7-12(22-2)15(11)23-3/h5-7H,4,8-10H2,1-3H3,(H,17,19)(H,18,20). The second kappa shape index (κ2) is 10.1. The third-order valence-electron chi connectivity index (χ3n) is 2.98. The summed E-state index contributed by atoms with van der Waals surface area (Å²) in [5.74, 6) is -0.993. The van der Waals surface area contributed by atoms with Gasteiger partial charge in [-0.05, 0) is 18.6 Å². The summed E-state index contributed by atoms with van der Waals surface area (Å²) >= 11 is 0. The zero-order chi connectivity index (χ0) is 17.9. The fourth-order valence-corrected chi connectivity index (χ4v) is 1.81. The van der Waals surface area contributed by atoms with Gasteiger partial charge in [-0.2, -0.15) is 0 Å². The van der Waals surface area contributed by atoms with Gasteiger partial charge in [0.25, 0.3) is 5.91 Å². The van der Waals surface area contributed by atoms with Gasteiger partial charge in [-0.3, -0.25) is 9.59 Å². The fraction of sp³-hybridized carbons (Fsp3) is 0.438. The van der Waals surface area contributed by atoms with Crippen molar-refractivity contribution in [3.63, 3.8) is 0 Å². The van der Waals surface area contributed by atoms with Gasteiger partial charge in [0.15, 0.2) is 18.1 Å². The van der Waals surface area contributed by atoms with E-state index in [4.69, 9.17) is 14.2 Å². The molecule has 0 aliphatic heterocycles. The second-order valence-electron chi connectivity index (χ2n) is 4.74. The van der Waals surface area contributed by atoms with Gasteiger partial charge >= 0.3 is 5.97 Å². The molecule has 0 heterocycles. The molecular weight excluding hydrogens is 316 g/mol. The number of rotatable bonds is 9. The van der Waals surface area contributed by atoms with Crippen molar-refractivity contribution in [1.29, 1.82) is 0 Å². The summed E-state index contributed by atoms with van der Waals surface area (Å²) in [6.07, 6.45) is 0.805. The van der Waals surface area contributed by atoms with Crippen LogP contribution in [0.5, 0.6) is 11.5 Å². The molecule has 0 aromatic heterocycles. The first kappa shape index (κ1) is 19.3. The minimum absolute atomic E-state index is 0.144. The van der Waals surface area contributed by atoms with Crippen LogP contribution in [0.15, 0.2) is 18.2 Å². The molecule has 2 N–H and O–H groups in total. The summed E-state index contributed by atoms with van der Waals surface area (Å²) in [4.78, 5) is 35.0. The monoisotopic (exact) mass is 338 g/mol. The Labute approximate surface area is 140 Å². The Hall–Kier alpha value is -2.77. The van der Waals surface area contributed by atoms with E-state index in [-0.39, 0.29) is 23.8 Å². The van der Waals surface area contributed by atoms with Gasteiger partial charge in [0.1, 0.15) is 5.56 Å². The van der Waals surface area contributed by atoms with Crippen LogP contribution in [0.4, 0.5) is 0 Å². The number of esters is 1. The SMILES string of the molecule is CCCNC(=O)CNC(=O)COC(=O)c1cccc(OC)c1OC. The molecular formula is C16H22N2O6. The molecule has 0 saturated carbocycles. The van der Waals surface area contributed by atoms with E-state index in [1.54, 1.807) is 12.1 Å². The molecule has 8 nitrogen and oxygen atoms in total. The molecule has 0 aliphatic carbocycles. The second-order valence-corrected chi connectivity index (χ2v) is 4.74. The van der Waals surface area contributed by atoms with Gasteiger partial charge in [-0.15, -0.1) is 0 Å². The van der Waals surface area contributed by atoms with Gasteiger partial charge in [-0.25, -0.2) is 4.79 Å². The molecule has 24 heavy (non-hydrogen) atoms. The van der Waals surface area contributed by atoms with Crippen LogP contribution in [0, 0.1) is 0 Å². The van der Waals surface area contributed by atoms with Crippen molar-refractivity contribution in [1.82, 2.24) is 10.6 Å². The maximum Gasteiger partial charge on any atom is 0.342 e. The van der Waals surface area contributed by atoms with Crippen LogP contribution in [-0.4, -0.2) is 51.7 Å². The Morgan fingerprint density at radius 1 is 1.04 bits per heavy atom. The quantitative estimate of drug-likeness (QED) is 0.636. The highest BCUT2D eigenvalue weighted by Gasteiger charge is 2.18. The first-order valence-corrected chi connectivity index (χ1v) is 7.45. The zero-order valence-electron chi connectivity index (χ0n) is 14.0. The number of hydrogen-bond donors (Lipinski definition) is 2. The number of ether oxygens (including phenoxy) is 3. The molecule has 0 fully saturated rings. The van der Waals surface area contributed by atoms with E-state index in [1.165, 1.54) is 20.3 Å². The molecule has 0 saturated heterocycles. The molecule has 8 heteroatoms. The first-order chi connectivity index (χ1) is 11.5. The molecule has 0 unspecified atom stereocenters. The molecule has 1 aromatic rings. The minimum Gasteiger partial charge on any atom is -0.493 e. The number of carbonyl (C=O) groups is 3. The van der Waals surface area contributed by atoms with E-state index in [0.29, 0.717) is 12.3 Å². The third kappa shape index (κ3) is 5.79. The zero-order valence-corrected chi connectivity index (χ0v) is 14.0. The van der Waals surface area contributed by atoms with Gasteiger partial charge in [0.05, 0.1) is 20.8 Å². The molecule has 0 radical (unpaired) electrons. The van der Waals surface area contributed by atoms with Crippen LogP contribution >= 0.6 is 0 Å². The normalized spacial score (nSPS) is 9.79. The van der Waals surface area contributed by atoms with E-state index in [0.717, 1.165) is 6.42 Å². The lowest BCUT2D eigenvalue weighted by molar-refractivity contribution is -0.127. The number of methoxy groups -OCH3 is 2. The van der Waals surface area contributed by atoms with Crippen molar-refractivity contribution in [3.05, 3.63) is 23.8 Å². The first-order valence-electron chi connectivity index (χ1n) is 7.45. The largest absolute Gasteiger partial charge is 0.493 e. The topological polar surface area (TPSA) is 103 Å². The number of para-hydroxylation sites is 1. The van der Waals surface area contributed by atoms with Crippen molar-refractivity contribution in [2.75, 3.05) is 33.9 Å². The number of hydrogen-bond acceptors (Lipinski definition) is 6. The van der Waals surface area contributed by atoms with Crippen LogP contribution in [-0.2, 0) is 14.3 Å². The summed E-state index contributed by atoms with van der Waals surface area (Å²) < 4.78 is 15.2. The van der Waals surface area contributed by atoms with Crippen molar-refractivity contribution in [2.45, 2.75) is 13.3 Å². The Morgan fingerprint density at radius 2 is 1.79 bits per heavy atom. The molecule has 1 rings (SSSR count). The van der Waals surface area contributed by atoms with Crippen LogP contribution < -0.4 is 20.1 Å². The van der Waals surface area contributed by atoms with Crippen molar-refractivity contribution < 1.29 is 28.6 Å². The number of benzene rings is 1. The van der Waals surface area contributed by atoms with Crippen LogP contribution in [0.25, 0.3) is 0 Å². The van der Waals surface area contributed by atoms with Crippen LogP contribution in [0.1, 0.15) is 23.7 Å². The van der Waals surface area contributed by atoms with E-state index < -0.39 is 18.5 Å². The van der Waals surface area contributed by atoms with Crippen molar-refractivity contribution in [3.8, 4) is 11.5 Å². The van der Waals surface area contributed by atoms with E-state index in [2.05, 4.69) is 10.6 Å². The lowest BCUT2D eigenvalue weighted by atomic mass is 10.2. The van der Waals surface area contributed by atoms with Gasteiger partial charge in [0.2, 0.25) is 5.91 Å². The molecule has 0 atom stereocenters. The Kier molecular flexibility index (Phi) is 8.10. The number of carbonyl (C=O) groups excluding carboxylic acids is 3. The minimum atomic E-state index is -0.726. The molecule has 132 valence electrons. The van der Waals surface area contributed by atoms with Crippen LogP contribution in [0.2, 0.25) is 0 Å². The maximum atomic E-state index is 12.1. The number of amides is 2. The third-order valence-corrected chi connectivity index (χ3v) is 2.98. The summed E-state index contributed by atoms with van der Waals surface area (Å²) in [5.41, 5.74) is 0.144. The van der Waals surface area contributed by atoms with E-state index >= 15 is 0 Å². The van der Waals surface area contributed by atoms with E-state index in [1.807, 2.05) is 6.92 Å². The smallest absolute Gasteiger partial charge is 0.342 e. The number of nitrogens with one attached hydrogen (secondary N) is 2. The molecule has 0 bridgehead atoms. The highest BCUT2D eigenvalue weighted by Crippen LogP contribution is 2.30. The molecule has 2 amide bonds. The Balaban J connectivity index is 2.51. The lowest BCUT2D eigenvalue weighted by Gasteiger charge is -2.12. The average molecular weight is 338 g/mol. The average Bonchev–Trinajstić information content (AvgIpc) is 2.61. The van der Waals surface area contributed by atoms with Gasteiger partial charge in [-0.1, -0.05) is 13.0 Å². The predicted octanol–water partition coefficient (Wildman–Crippen LogP) is 0.503. The van der Waals surface area contributed by atoms with Gasteiger partial charge < -0.3 is 24.8 Å². The van der Waals surface area contributed by atoms with Gasteiger partial charge in [0, 0.05) is 6.54 Å². The molecule has 0 spiro atoms. The molecule has 1 aromatic carbocycles. The molecule has 0 aliphatic rings. The highest BCUT2D eigenvalue weighted by molar-refractivity contribution is 5.95. The summed E-state index contributed by atoms with van der Waals surface area (Å²) in [6, 6.07) is 4.74. The summed E-state index contributed by atoms with van der Waals surface area (Å²) in [6.45, 7) is 1.80. The Bertz CT molecular complexity index is 588. The van der Waals surface area contributed by atoms with E-state index in [9.17, 15) is 14.4 Å².